The number of benzene rings is 2. The van der Waals surface area contributed by atoms with Crippen LogP contribution in [0.3, 0.4) is 0 Å². The highest BCUT2D eigenvalue weighted by molar-refractivity contribution is 8.00. The topological polar surface area (TPSA) is 51.8 Å². The van der Waals surface area contributed by atoms with Gasteiger partial charge in [-0.25, -0.2) is 9.50 Å². The number of thioether (sulfide) groups is 1. The molecule has 0 radical (unpaired) electrons. The minimum atomic E-state index is 0.426. The van der Waals surface area contributed by atoms with Crippen LogP contribution in [0.15, 0.2) is 64.9 Å². The Hall–Kier alpha value is -2.35. The predicted molar refractivity (Wildman–Crippen MR) is 120 cm³/mol. The van der Waals surface area contributed by atoms with Crippen LogP contribution in [0.4, 0.5) is 0 Å². The van der Waals surface area contributed by atoms with E-state index in [1.165, 1.54) is 5.56 Å². The van der Waals surface area contributed by atoms with E-state index >= 15 is 0 Å². The average Bonchev–Trinajstić information content (AvgIpc) is 3.30. The first-order valence-corrected chi connectivity index (χ1v) is 11.2. The molecule has 0 aliphatic heterocycles. The Kier molecular flexibility index (Phi) is 6.18. The Morgan fingerprint density at radius 3 is 2.62 bits per heavy atom. The number of rotatable bonds is 7. The Morgan fingerprint density at radius 1 is 1.14 bits per heavy atom. The van der Waals surface area contributed by atoms with E-state index in [0.717, 1.165) is 36.7 Å². The number of fused-ring (bicyclic) bond motifs is 1. The van der Waals surface area contributed by atoms with Crippen molar-refractivity contribution >= 4 is 45.4 Å². The number of nitrogens with zero attached hydrogens (tertiary/aromatic N) is 4. The second-order valence-electron chi connectivity index (χ2n) is 6.51. The fourth-order valence-electron chi connectivity index (χ4n) is 2.74. The summed E-state index contributed by atoms with van der Waals surface area (Å²) in [4.78, 5) is 13.0. The number of aromatic nitrogens is 3. The third-order valence-electron chi connectivity index (χ3n) is 4.33. The van der Waals surface area contributed by atoms with Gasteiger partial charge >= 0.3 is 0 Å². The quantitative estimate of drug-likeness (QED) is 0.207. The van der Waals surface area contributed by atoms with Crippen molar-refractivity contribution in [2.45, 2.75) is 25.3 Å². The van der Waals surface area contributed by atoms with Gasteiger partial charge in [-0.15, -0.1) is 11.8 Å². The molecule has 4 rings (SSSR count). The number of hydrogen-bond acceptors (Lipinski definition) is 6. The van der Waals surface area contributed by atoms with Crippen LogP contribution in [0.1, 0.15) is 21.7 Å². The minimum absolute atomic E-state index is 0.426. The number of hydrogen-bond donors (Lipinski definition) is 0. The summed E-state index contributed by atoms with van der Waals surface area (Å²) in [5.41, 5.74) is 4.19. The maximum absolute atomic E-state index is 5.99. The van der Waals surface area contributed by atoms with E-state index in [0.29, 0.717) is 12.4 Å². The maximum atomic E-state index is 5.99. The number of oxime groups is 1. The van der Waals surface area contributed by atoms with Crippen LogP contribution >= 0.6 is 34.7 Å². The van der Waals surface area contributed by atoms with Crippen LogP contribution in [0.2, 0.25) is 5.02 Å². The zero-order valence-corrected chi connectivity index (χ0v) is 18.4. The molecule has 0 fully saturated rings. The largest absolute Gasteiger partial charge is 0.391 e. The highest BCUT2D eigenvalue weighted by Gasteiger charge is 2.17. The molecule has 2 aromatic carbocycles. The second kappa shape index (κ2) is 8.98. The summed E-state index contributed by atoms with van der Waals surface area (Å²) in [5, 5.41) is 9.50. The van der Waals surface area contributed by atoms with E-state index in [1.807, 2.05) is 35.7 Å². The van der Waals surface area contributed by atoms with Crippen molar-refractivity contribution in [2.24, 2.45) is 5.16 Å². The summed E-state index contributed by atoms with van der Waals surface area (Å²) in [6.07, 6.45) is 1.57. The molecular formula is C21H19ClN4OS2. The second-order valence-corrected chi connectivity index (χ2v) is 8.97. The van der Waals surface area contributed by atoms with Gasteiger partial charge in [0.1, 0.15) is 18.6 Å². The van der Waals surface area contributed by atoms with Crippen LogP contribution in [0, 0.1) is 13.8 Å². The maximum Gasteiger partial charge on any atom is 0.212 e. The summed E-state index contributed by atoms with van der Waals surface area (Å²) >= 11 is 9.25. The van der Waals surface area contributed by atoms with Gasteiger partial charge in [0.25, 0.3) is 0 Å². The molecule has 2 heterocycles. The van der Waals surface area contributed by atoms with Gasteiger partial charge in [0.05, 0.1) is 10.6 Å². The number of aryl methyl sites for hydroxylation is 2. The van der Waals surface area contributed by atoms with E-state index < -0.39 is 0 Å². The lowest BCUT2D eigenvalue weighted by Gasteiger charge is -2.07. The summed E-state index contributed by atoms with van der Waals surface area (Å²) in [5.74, 6) is 0.667. The Balaban J connectivity index is 1.55. The van der Waals surface area contributed by atoms with Crippen LogP contribution in [-0.2, 0) is 11.4 Å². The fourth-order valence-corrected chi connectivity index (χ4v) is 4.81. The van der Waals surface area contributed by atoms with Crippen molar-refractivity contribution in [1.29, 1.82) is 0 Å². The van der Waals surface area contributed by atoms with Crippen molar-refractivity contribution in [3.63, 3.8) is 0 Å². The minimum Gasteiger partial charge on any atom is -0.391 e. The van der Waals surface area contributed by atoms with Gasteiger partial charge in [0.15, 0.2) is 0 Å². The third-order valence-corrected chi connectivity index (χ3v) is 6.81. The molecule has 0 amide bonds. The molecule has 148 valence electrons. The highest BCUT2D eigenvalue weighted by Crippen LogP contribution is 2.26. The average molecular weight is 443 g/mol. The molecule has 0 aliphatic carbocycles. The van der Waals surface area contributed by atoms with Crippen molar-refractivity contribution in [1.82, 2.24) is 14.6 Å². The van der Waals surface area contributed by atoms with Crippen molar-refractivity contribution in [3.05, 3.63) is 81.6 Å². The molecule has 8 heteroatoms. The van der Waals surface area contributed by atoms with Crippen LogP contribution in [0.5, 0.6) is 0 Å². The van der Waals surface area contributed by atoms with Crippen molar-refractivity contribution in [2.75, 3.05) is 5.75 Å². The van der Waals surface area contributed by atoms with E-state index in [9.17, 15) is 0 Å². The first kappa shape index (κ1) is 19.9. The van der Waals surface area contributed by atoms with E-state index in [1.54, 1.807) is 29.4 Å². The zero-order chi connectivity index (χ0) is 20.2. The van der Waals surface area contributed by atoms with E-state index in [2.05, 4.69) is 46.4 Å². The summed E-state index contributed by atoms with van der Waals surface area (Å²) < 4.78 is 1.84. The lowest BCUT2D eigenvalue weighted by molar-refractivity contribution is 0.130. The lowest BCUT2D eigenvalue weighted by Crippen LogP contribution is -2.07. The summed E-state index contributed by atoms with van der Waals surface area (Å²) in [7, 11) is 0. The normalized spacial score (nSPS) is 11.9. The molecule has 29 heavy (non-hydrogen) atoms. The van der Waals surface area contributed by atoms with Gasteiger partial charge in [-0.2, -0.15) is 5.10 Å². The van der Waals surface area contributed by atoms with E-state index in [4.69, 9.17) is 16.4 Å². The molecule has 4 aromatic rings. The molecule has 5 nitrogen and oxygen atoms in total. The fraction of sp³-hybridized carbons (Fsp3) is 0.190. The standard InChI is InChI=1S/C21H19ClN4OS2/c1-14-3-5-16(6-4-14)11-27-25-19(12-28-18-9-7-17(22)8-10-18)20-15(2)26-21(29-20)23-13-24-26/h3-10,13H,11-12H2,1-2H3. The van der Waals surface area contributed by atoms with Crippen LogP contribution < -0.4 is 0 Å². The Morgan fingerprint density at radius 2 is 1.90 bits per heavy atom. The zero-order valence-electron chi connectivity index (χ0n) is 16.0. The summed E-state index contributed by atoms with van der Waals surface area (Å²) in [6.45, 7) is 4.52. The monoisotopic (exact) mass is 442 g/mol. The SMILES string of the molecule is Cc1ccc(CON=C(CSc2ccc(Cl)cc2)c2sc3ncnn3c2C)cc1. The molecule has 0 unspecified atom stereocenters. The third kappa shape index (κ3) is 4.80. The Labute approximate surface area is 182 Å². The van der Waals surface area contributed by atoms with Gasteiger partial charge in [-0.3, -0.25) is 0 Å². The van der Waals surface area contributed by atoms with Crippen molar-refractivity contribution in [3.8, 4) is 0 Å². The van der Waals surface area contributed by atoms with E-state index in [-0.39, 0.29) is 0 Å². The smallest absolute Gasteiger partial charge is 0.212 e. The van der Waals surface area contributed by atoms with Gasteiger partial charge in [-0.05, 0) is 43.7 Å². The van der Waals surface area contributed by atoms with Gasteiger partial charge in [0.2, 0.25) is 4.96 Å². The molecular weight excluding hydrogens is 424 g/mol. The molecule has 0 saturated carbocycles. The molecule has 0 N–H and O–H groups in total. The molecule has 0 saturated heterocycles. The predicted octanol–water partition coefficient (Wildman–Crippen LogP) is 5.77. The lowest BCUT2D eigenvalue weighted by atomic mass is 10.2. The Bertz CT molecular complexity index is 1130. The van der Waals surface area contributed by atoms with Gasteiger partial charge in [-0.1, -0.05) is 57.9 Å². The molecule has 0 atom stereocenters. The first-order valence-electron chi connectivity index (χ1n) is 9.02. The number of halogens is 1. The van der Waals surface area contributed by atoms with Gasteiger partial charge in [0, 0.05) is 15.7 Å². The van der Waals surface area contributed by atoms with Crippen LogP contribution in [-0.4, -0.2) is 26.1 Å². The van der Waals surface area contributed by atoms with Crippen LogP contribution in [0.25, 0.3) is 4.96 Å². The molecule has 0 bridgehead atoms. The molecule has 0 aliphatic rings. The highest BCUT2D eigenvalue weighted by atomic mass is 35.5. The molecule has 2 aromatic heterocycles. The molecule has 0 spiro atoms. The summed E-state index contributed by atoms with van der Waals surface area (Å²) in [6, 6.07) is 16.1. The number of thiazole rings is 1. The van der Waals surface area contributed by atoms with Gasteiger partial charge < -0.3 is 4.84 Å². The van der Waals surface area contributed by atoms with Crippen molar-refractivity contribution < 1.29 is 4.84 Å². The first-order chi connectivity index (χ1) is 14.1.